The third-order valence-electron chi connectivity index (χ3n) is 3.16. The molecule has 1 aromatic rings. The molecule has 1 unspecified atom stereocenters. The van der Waals surface area contributed by atoms with Crippen molar-refractivity contribution in [2.75, 3.05) is 6.54 Å². The van der Waals surface area contributed by atoms with E-state index in [1.54, 1.807) is 0 Å². The first-order valence-electron chi connectivity index (χ1n) is 7.08. The van der Waals surface area contributed by atoms with Gasteiger partial charge >= 0.3 is 0 Å². The van der Waals surface area contributed by atoms with Crippen molar-refractivity contribution in [2.45, 2.75) is 53.1 Å². The Morgan fingerprint density at radius 2 is 1.84 bits per heavy atom. The topological polar surface area (TPSA) is 41.1 Å². The minimum Gasteiger partial charge on any atom is -0.354 e. The van der Waals surface area contributed by atoms with Crippen LogP contribution < -0.4 is 10.6 Å². The quantitative estimate of drug-likeness (QED) is 0.742. The van der Waals surface area contributed by atoms with Crippen molar-refractivity contribution < 1.29 is 4.79 Å². The van der Waals surface area contributed by atoms with E-state index in [1.165, 1.54) is 16.7 Å². The van der Waals surface area contributed by atoms with Crippen molar-refractivity contribution in [3.63, 3.8) is 0 Å². The first kappa shape index (κ1) is 15.7. The van der Waals surface area contributed by atoms with Crippen LogP contribution in [0.5, 0.6) is 0 Å². The molecule has 0 aliphatic rings. The van der Waals surface area contributed by atoms with Crippen molar-refractivity contribution in [1.29, 1.82) is 0 Å². The molecule has 1 aromatic carbocycles. The zero-order chi connectivity index (χ0) is 14.3. The third-order valence-corrected chi connectivity index (χ3v) is 3.16. The molecule has 0 aliphatic carbocycles. The molecule has 2 N–H and O–H groups in total. The number of rotatable bonds is 7. The number of nitrogens with one attached hydrogen (secondary N) is 2. The summed E-state index contributed by atoms with van der Waals surface area (Å²) in [6.45, 7) is 9.85. The predicted octanol–water partition coefficient (Wildman–Crippen LogP) is 2.70. The molecule has 3 heteroatoms. The lowest BCUT2D eigenvalue weighted by Gasteiger charge is -2.11. The van der Waals surface area contributed by atoms with Gasteiger partial charge in [-0.15, -0.1) is 0 Å². The number of hydrogen-bond donors (Lipinski definition) is 2. The van der Waals surface area contributed by atoms with E-state index >= 15 is 0 Å². The number of carbonyl (C=O) groups excluding carboxylic acids is 1. The largest absolute Gasteiger partial charge is 0.354 e. The van der Waals surface area contributed by atoms with Gasteiger partial charge in [0.1, 0.15) is 0 Å². The van der Waals surface area contributed by atoms with E-state index < -0.39 is 0 Å². The van der Waals surface area contributed by atoms with Crippen LogP contribution in [0.3, 0.4) is 0 Å². The summed E-state index contributed by atoms with van der Waals surface area (Å²) in [6, 6.07) is 6.80. The molecule has 19 heavy (non-hydrogen) atoms. The van der Waals surface area contributed by atoms with Gasteiger partial charge in [-0.2, -0.15) is 0 Å². The highest BCUT2D eigenvalue weighted by molar-refractivity contribution is 5.76. The highest BCUT2D eigenvalue weighted by Crippen LogP contribution is 2.08. The molecule has 0 aromatic heterocycles. The smallest absolute Gasteiger partial charge is 0.221 e. The maximum absolute atomic E-state index is 11.6. The molecule has 1 atom stereocenters. The summed E-state index contributed by atoms with van der Waals surface area (Å²) in [7, 11) is 0. The minimum atomic E-state index is 0.127. The maximum Gasteiger partial charge on any atom is 0.221 e. The van der Waals surface area contributed by atoms with Crippen LogP contribution in [-0.2, 0) is 11.3 Å². The minimum absolute atomic E-state index is 0.127. The van der Waals surface area contributed by atoms with Gasteiger partial charge in [0.2, 0.25) is 5.91 Å². The molecule has 0 spiro atoms. The van der Waals surface area contributed by atoms with Crippen molar-refractivity contribution >= 4 is 5.91 Å². The summed E-state index contributed by atoms with van der Waals surface area (Å²) in [5.41, 5.74) is 3.84. The van der Waals surface area contributed by atoms with Crippen LogP contribution in [0, 0.1) is 13.8 Å². The van der Waals surface area contributed by atoms with Crippen molar-refractivity contribution in [1.82, 2.24) is 10.6 Å². The van der Waals surface area contributed by atoms with Gasteiger partial charge in [-0.25, -0.2) is 0 Å². The lowest BCUT2D eigenvalue weighted by molar-refractivity contribution is -0.121. The Balaban J connectivity index is 2.25. The second-order valence-electron chi connectivity index (χ2n) is 5.30. The number of hydrogen-bond acceptors (Lipinski definition) is 2. The Morgan fingerprint density at radius 3 is 2.42 bits per heavy atom. The molecule has 0 aliphatic heterocycles. The second kappa shape index (κ2) is 7.95. The van der Waals surface area contributed by atoms with Crippen LogP contribution in [-0.4, -0.2) is 18.5 Å². The van der Waals surface area contributed by atoms with Gasteiger partial charge in [0, 0.05) is 25.6 Å². The van der Waals surface area contributed by atoms with Gasteiger partial charge in [0.05, 0.1) is 0 Å². The molecule has 106 valence electrons. The summed E-state index contributed by atoms with van der Waals surface area (Å²) in [6.07, 6.45) is 1.51. The zero-order valence-corrected chi connectivity index (χ0v) is 12.5. The fourth-order valence-corrected chi connectivity index (χ4v) is 2.05. The Kier molecular flexibility index (Phi) is 6.57. The summed E-state index contributed by atoms with van der Waals surface area (Å²) in [5, 5.41) is 6.28. The van der Waals surface area contributed by atoms with E-state index in [1.807, 2.05) is 6.92 Å². The van der Waals surface area contributed by atoms with Gasteiger partial charge in [-0.1, -0.05) is 36.2 Å². The normalized spacial score (nSPS) is 12.2. The van der Waals surface area contributed by atoms with Crippen LogP contribution in [0.2, 0.25) is 0 Å². The lowest BCUT2D eigenvalue weighted by Crippen LogP contribution is -2.33. The van der Waals surface area contributed by atoms with Crippen LogP contribution in [0.25, 0.3) is 0 Å². The summed E-state index contributed by atoms with van der Waals surface area (Å²) in [5.74, 6) is 0.127. The van der Waals surface area contributed by atoms with Crippen LogP contribution in [0.4, 0.5) is 0 Å². The fourth-order valence-electron chi connectivity index (χ4n) is 2.05. The number of carbonyl (C=O) groups is 1. The molecule has 0 heterocycles. The van der Waals surface area contributed by atoms with Crippen LogP contribution >= 0.6 is 0 Å². The van der Waals surface area contributed by atoms with Gasteiger partial charge in [-0.05, 0) is 32.8 Å². The van der Waals surface area contributed by atoms with Crippen molar-refractivity contribution in [3.8, 4) is 0 Å². The van der Waals surface area contributed by atoms with Crippen LogP contribution in [0.1, 0.15) is 43.4 Å². The number of benzene rings is 1. The Bertz CT molecular complexity index is 395. The van der Waals surface area contributed by atoms with Gasteiger partial charge in [-0.3, -0.25) is 4.79 Å². The average Bonchev–Trinajstić information content (AvgIpc) is 2.33. The van der Waals surface area contributed by atoms with Crippen molar-refractivity contribution in [3.05, 3.63) is 34.9 Å². The van der Waals surface area contributed by atoms with E-state index in [0.717, 1.165) is 19.5 Å². The first-order valence-corrected chi connectivity index (χ1v) is 7.08. The maximum atomic E-state index is 11.6. The van der Waals surface area contributed by atoms with E-state index in [2.05, 4.69) is 49.6 Å². The number of aryl methyl sites for hydroxylation is 2. The molecular formula is C16H26N2O. The molecule has 1 amide bonds. The third kappa shape index (κ3) is 6.39. The highest BCUT2D eigenvalue weighted by Gasteiger charge is 2.04. The molecule has 3 nitrogen and oxygen atoms in total. The zero-order valence-electron chi connectivity index (χ0n) is 12.5. The molecule has 0 saturated carbocycles. The SMILES string of the molecule is CCC(C)NC(=O)CCNCc1cc(C)cc(C)c1. The predicted molar refractivity (Wildman–Crippen MR) is 80.1 cm³/mol. The molecule has 0 bridgehead atoms. The fraction of sp³-hybridized carbons (Fsp3) is 0.562. The van der Waals surface area contributed by atoms with E-state index in [-0.39, 0.29) is 11.9 Å². The van der Waals surface area contributed by atoms with E-state index in [0.29, 0.717) is 6.42 Å². The van der Waals surface area contributed by atoms with Gasteiger partial charge < -0.3 is 10.6 Å². The average molecular weight is 262 g/mol. The van der Waals surface area contributed by atoms with Crippen LogP contribution in [0.15, 0.2) is 18.2 Å². The molecular weight excluding hydrogens is 236 g/mol. The monoisotopic (exact) mass is 262 g/mol. The highest BCUT2D eigenvalue weighted by atomic mass is 16.1. The summed E-state index contributed by atoms with van der Waals surface area (Å²) in [4.78, 5) is 11.6. The van der Waals surface area contributed by atoms with E-state index in [9.17, 15) is 4.79 Å². The van der Waals surface area contributed by atoms with E-state index in [4.69, 9.17) is 0 Å². The first-order chi connectivity index (χ1) is 9.01. The molecule has 0 radical (unpaired) electrons. The molecule has 1 rings (SSSR count). The number of amides is 1. The molecule has 0 fully saturated rings. The van der Waals surface area contributed by atoms with Gasteiger partial charge in [0.15, 0.2) is 0 Å². The van der Waals surface area contributed by atoms with Crippen molar-refractivity contribution in [2.24, 2.45) is 0 Å². The Morgan fingerprint density at radius 1 is 1.21 bits per heavy atom. The standard InChI is InChI=1S/C16H26N2O/c1-5-14(4)18-16(19)6-7-17-11-15-9-12(2)8-13(3)10-15/h8-10,14,17H,5-7,11H2,1-4H3,(H,18,19). The molecule has 0 saturated heterocycles. The Labute approximate surface area is 116 Å². The second-order valence-corrected chi connectivity index (χ2v) is 5.30. The van der Waals surface area contributed by atoms with Gasteiger partial charge in [0.25, 0.3) is 0 Å². The Hall–Kier alpha value is -1.35. The summed E-state index contributed by atoms with van der Waals surface area (Å²) >= 11 is 0. The lowest BCUT2D eigenvalue weighted by atomic mass is 10.1. The summed E-state index contributed by atoms with van der Waals surface area (Å²) < 4.78 is 0.